The van der Waals surface area contributed by atoms with Crippen LogP contribution < -0.4 is 10.1 Å². The van der Waals surface area contributed by atoms with Gasteiger partial charge in [-0.1, -0.05) is 17.7 Å². The fourth-order valence-corrected chi connectivity index (χ4v) is 1.14. The van der Waals surface area contributed by atoms with Gasteiger partial charge in [-0.05, 0) is 26.0 Å². The Morgan fingerprint density at radius 1 is 1.31 bits per heavy atom. The fourth-order valence-electron chi connectivity index (χ4n) is 1.14. The van der Waals surface area contributed by atoms with Gasteiger partial charge in [0.1, 0.15) is 12.4 Å². The molecule has 1 rings (SSSR count). The van der Waals surface area contributed by atoms with Crippen molar-refractivity contribution in [1.29, 1.82) is 0 Å². The smallest absolute Gasteiger partial charge is 0.407 e. The number of carbonyl (C=O) groups excluding carboxylic acids is 1. The Morgan fingerprint density at radius 3 is 2.62 bits per heavy atom. The Bertz CT molecular complexity index is 322. The fraction of sp³-hybridized carbons (Fsp3) is 0.417. The van der Waals surface area contributed by atoms with Crippen molar-refractivity contribution in [3.8, 4) is 5.75 Å². The molecule has 0 radical (unpaired) electrons. The standard InChI is InChI=1S/C12H17NO3/c1-3-15-12(14)13-8-9-16-11-6-4-10(2)5-7-11/h4-7H,3,8-9H2,1-2H3,(H,13,14). The highest BCUT2D eigenvalue weighted by Crippen LogP contribution is 2.10. The summed E-state index contributed by atoms with van der Waals surface area (Å²) >= 11 is 0. The van der Waals surface area contributed by atoms with Crippen molar-refractivity contribution in [3.05, 3.63) is 29.8 Å². The first-order valence-electron chi connectivity index (χ1n) is 5.32. The molecule has 0 saturated heterocycles. The summed E-state index contributed by atoms with van der Waals surface area (Å²) in [5.74, 6) is 0.802. The SMILES string of the molecule is CCOC(=O)NCCOc1ccc(C)cc1. The molecule has 0 fully saturated rings. The van der Waals surface area contributed by atoms with E-state index in [1.54, 1.807) is 6.92 Å². The first-order chi connectivity index (χ1) is 7.72. The lowest BCUT2D eigenvalue weighted by Gasteiger charge is -2.07. The van der Waals surface area contributed by atoms with Crippen molar-refractivity contribution in [3.63, 3.8) is 0 Å². The number of carbonyl (C=O) groups is 1. The van der Waals surface area contributed by atoms with Gasteiger partial charge in [-0.25, -0.2) is 4.79 Å². The number of rotatable bonds is 5. The van der Waals surface area contributed by atoms with E-state index in [1.165, 1.54) is 5.56 Å². The van der Waals surface area contributed by atoms with E-state index in [0.29, 0.717) is 19.8 Å². The third-order valence-electron chi connectivity index (χ3n) is 1.94. The highest BCUT2D eigenvalue weighted by molar-refractivity contribution is 5.66. The van der Waals surface area contributed by atoms with Crippen LogP contribution in [0.2, 0.25) is 0 Å². The molecule has 0 aliphatic heterocycles. The van der Waals surface area contributed by atoms with Gasteiger partial charge >= 0.3 is 6.09 Å². The minimum atomic E-state index is -0.407. The molecular formula is C12H17NO3. The van der Waals surface area contributed by atoms with Crippen LogP contribution >= 0.6 is 0 Å². The Labute approximate surface area is 95.6 Å². The molecule has 0 heterocycles. The van der Waals surface area contributed by atoms with E-state index in [2.05, 4.69) is 5.32 Å². The Hall–Kier alpha value is -1.71. The average Bonchev–Trinajstić information content (AvgIpc) is 2.27. The summed E-state index contributed by atoms with van der Waals surface area (Å²) in [6.07, 6.45) is -0.407. The number of hydrogen-bond acceptors (Lipinski definition) is 3. The van der Waals surface area contributed by atoms with Gasteiger partial charge in [0, 0.05) is 0 Å². The lowest BCUT2D eigenvalue weighted by molar-refractivity contribution is 0.150. The van der Waals surface area contributed by atoms with Gasteiger partial charge in [0.15, 0.2) is 0 Å². The average molecular weight is 223 g/mol. The summed E-state index contributed by atoms with van der Waals surface area (Å²) < 4.78 is 10.1. The number of ether oxygens (including phenoxy) is 2. The maximum atomic E-state index is 10.9. The summed E-state index contributed by atoms with van der Waals surface area (Å²) in [7, 11) is 0. The lowest BCUT2D eigenvalue weighted by atomic mass is 10.2. The third kappa shape index (κ3) is 4.68. The van der Waals surface area contributed by atoms with Crippen molar-refractivity contribution in [1.82, 2.24) is 5.32 Å². The number of aryl methyl sites for hydroxylation is 1. The van der Waals surface area contributed by atoms with E-state index in [0.717, 1.165) is 5.75 Å². The van der Waals surface area contributed by atoms with Crippen LogP contribution in [-0.4, -0.2) is 25.9 Å². The van der Waals surface area contributed by atoms with Gasteiger partial charge in [0.2, 0.25) is 0 Å². The van der Waals surface area contributed by atoms with Crippen LogP contribution in [0.5, 0.6) is 5.75 Å². The maximum Gasteiger partial charge on any atom is 0.407 e. The lowest BCUT2D eigenvalue weighted by Crippen LogP contribution is -2.28. The molecule has 0 aliphatic rings. The summed E-state index contributed by atoms with van der Waals surface area (Å²) in [5, 5.41) is 2.58. The number of amides is 1. The Morgan fingerprint density at radius 2 is 2.00 bits per heavy atom. The number of benzene rings is 1. The minimum absolute atomic E-state index is 0.380. The van der Waals surface area contributed by atoms with Crippen molar-refractivity contribution in [2.45, 2.75) is 13.8 Å². The molecule has 88 valence electrons. The summed E-state index contributed by atoms with van der Waals surface area (Å²) in [5.41, 5.74) is 1.19. The Kier molecular flexibility index (Phi) is 5.19. The van der Waals surface area contributed by atoms with E-state index >= 15 is 0 Å². The molecule has 0 atom stereocenters. The molecule has 0 spiro atoms. The first-order valence-corrected chi connectivity index (χ1v) is 5.32. The van der Waals surface area contributed by atoms with Crippen LogP contribution in [0.15, 0.2) is 24.3 Å². The molecule has 1 aromatic carbocycles. The van der Waals surface area contributed by atoms with E-state index in [1.807, 2.05) is 31.2 Å². The zero-order chi connectivity index (χ0) is 11.8. The van der Waals surface area contributed by atoms with Crippen LogP contribution in [0.3, 0.4) is 0 Å². The van der Waals surface area contributed by atoms with Crippen LogP contribution in [0.1, 0.15) is 12.5 Å². The van der Waals surface area contributed by atoms with Crippen LogP contribution in [0.4, 0.5) is 4.79 Å². The molecule has 0 unspecified atom stereocenters. The van der Waals surface area contributed by atoms with Crippen molar-refractivity contribution >= 4 is 6.09 Å². The van der Waals surface area contributed by atoms with Gasteiger partial charge in [-0.2, -0.15) is 0 Å². The molecule has 16 heavy (non-hydrogen) atoms. The highest BCUT2D eigenvalue weighted by atomic mass is 16.5. The second kappa shape index (κ2) is 6.71. The summed E-state index contributed by atoms with van der Waals surface area (Å²) in [6.45, 7) is 5.04. The second-order valence-electron chi connectivity index (χ2n) is 3.31. The zero-order valence-corrected chi connectivity index (χ0v) is 9.66. The number of nitrogens with one attached hydrogen (secondary N) is 1. The molecule has 0 aromatic heterocycles. The molecule has 1 amide bonds. The van der Waals surface area contributed by atoms with E-state index in [9.17, 15) is 4.79 Å². The largest absolute Gasteiger partial charge is 0.492 e. The predicted octanol–water partition coefficient (Wildman–Crippen LogP) is 2.12. The monoisotopic (exact) mass is 223 g/mol. The molecule has 4 heteroatoms. The van der Waals surface area contributed by atoms with Crippen molar-refractivity contribution < 1.29 is 14.3 Å². The Balaban J connectivity index is 2.16. The van der Waals surface area contributed by atoms with Crippen LogP contribution in [0.25, 0.3) is 0 Å². The quantitative estimate of drug-likeness (QED) is 0.778. The number of alkyl carbamates (subject to hydrolysis) is 1. The van der Waals surface area contributed by atoms with Crippen molar-refractivity contribution in [2.75, 3.05) is 19.8 Å². The van der Waals surface area contributed by atoms with Gasteiger partial charge in [0.05, 0.1) is 13.2 Å². The molecule has 1 N–H and O–H groups in total. The van der Waals surface area contributed by atoms with Gasteiger partial charge in [-0.3, -0.25) is 0 Å². The molecule has 0 saturated carbocycles. The molecule has 4 nitrogen and oxygen atoms in total. The molecule has 0 aliphatic carbocycles. The van der Waals surface area contributed by atoms with Crippen LogP contribution in [-0.2, 0) is 4.74 Å². The summed E-state index contributed by atoms with van der Waals surface area (Å²) in [4.78, 5) is 10.9. The van der Waals surface area contributed by atoms with E-state index in [-0.39, 0.29) is 0 Å². The van der Waals surface area contributed by atoms with Crippen molar-refractivity contribution in [2.24, 2.45) is 0 Å². The summed E-state index contributed by atoms with van der Waals surface area (Å²) in [6, 6.07) is 7.77. The third-order valence-corrected chi connectivity index (χ3v) is 1.94. The number of hydrogen-bond donors (Lipinski definition) is 1. The predicted molar refractivity (Wildman–Crippen MR) is 61.7 cm³/mol. The van der Waals surface area contributed by atoms with E-state index < -0.39 is 6.09 Å². The first kappa shape index (κ1) is 12.4. The van der Waals surface area contributed by atoms with E-state index in [4.69, 9.17) is 9.47 Å². The zero-order valence-electron chi connectivity index (χ0n) is 9.66. The van der Waals surface area contributed by atoms with Crippen LogP contribution in [0, 0.1) is 6.92 Å². The minimum Gasteiger partial charge on any atom is -0.492 e. The molecule has 0 bridgehead atoms. The highest BCUT2D eigenvalue weighted by Gasteiger charge is 1.98. The second-order valence-corrected chi connectivity index (χ2v) is 3.31. The van der Waals surface area contributed by atoms with Gasteiger partial charge in [0.25, 0.3) is 0 Å². The molecular weight excluding hydrogens is 206 g/mol. The van der Waals surface area contributed by atoms with Gasteiger partial charge in [-0.15, -0.1) is 0 Å². The molecule has 1 aromatic rings. The normalized spacial score (nSPS) is 9.62. The topological polar surface area (TPSA) is 47.6 Å². The van der Waals surface area contributed by atoms with Gasteiger partial charge < -0.3 is 14.8 Å². The maximum absolute atomic E-state index is 10.9.